The zero-order valence-corrected chi connectivity index (χ0v) is 11.6. The van der Waals surface area contributed by atoms with Crippen molar-refractivity contribution in [3.05, 3.63) is 59.7 Å². The van der Waals surface area contributed by atoms with Crippen molar-refractivity contribution in [3.63, 3.8) is 0 Å². The number of halogens is 1. The van der Waals surface area contributed by atoms with Gasteiger partial charge in [0, 0.05) is 18.4 Å². The van der Waals surface area contributed by atoms with E-state index in [2.05, 4.69) is 4.98 Å². The second-order valence-electron chi connectivity index (χ2n) is 4.43. The molecule has 0 atom stereocenters. The van der Waals surface area contributed by atoms with Crippen LogP contribution in [0.4, 0.5) is 10.1 Å². The normalized spacial score (nSPS) is 10.3. The van der Waals surface area contributed by atoms with E-state index in [0.29, 0.717) is 17.9 Å². The van der Waals surface area contributed by atoms with Crippen molar-refractivity contribution < 1.29 is 9.18 Å². The number of carbonyl (C=O) groups excluding carboxylic acids is 1. The average molecular weight is 272 g/mol. The summed E-state index contributed by atoms with van der Waals surface area (Å²) in [6.45, 7) is 4.33. The number of amides is 1. The number of aromatic nitrogens is 1. The highest BCUT2D eigenvalue weighted by molar-refractivity contribution is 6.04. The first kappa shape index (κ1) is 14.2. The van der Waals surface area contributed by atoms with Gasteiger partial charge in [-0.15, -0.1) is 0 Å². The minimum absolute atomic E-state index is 0.214. The second kappa shape index (κ2) is 6.28. The van der Waals surface area contributed by atoms with Crippen molar-refractivity contribution in [1.29, 1.82) is 0 Å². The largest absolute Gasteiger partial charge is 0.307 e. The summed E-state index contributed by atoms with van der Waals surface area (Å²) in [6.07, 6.45) is 2.47. The maximum absolute atomic E-state index is 13.3. The molecular formula is C16H17FN2O. The number of aryl methyl sites for hydroxylation is 1. The van der Waals surface area contributed by atoms with Gasteiger partial charge in [0.2, 0.25) is 0 Å². The lowest BCUT2D eigenvalue weighted by Crippen LogP contribution is -2.31. The minimum Gasteiger partial charge on any atom is -0.307 e. The predicted molar refractivity (Wildman–Crippen MR) is 77.4 cm³/mol. The van der Waals surface area contributed by atoms with Crippen molar-refractivity contribution in [2.24, 2.45) is 0 Å². The monoisotopic (exact) mass is 272 g/mol. The summed E-state index contributed by atoms with van der Waals surface area (Å²) in [7, 11) is 0. The molecule has 0 saturated carbocycles. The van der Waals surface area contributed by atoms with E-state index in [9.17, 15) is 9.18 Å². The third-order valence-electron chi connectivity index (χ3n) is 3.13. The van der Waals surface area contributed by atoms with Gasteiger partial charge in [-0.3, -0.25) is 9.78 Å². The van der Waals surface area contributed by atoms with Crippen LogP contribution in [0, 0.1) is 5.82 Å². The van der Waals surface area contributed by atoms with Crippen LogP contribution in [-0.2, 0) is 6.42 Å². The molecule has 0 bridgehead atoms. The Morgan fingerprint density at radius 3 is 2.70 bits per heavy atom. The highest BCUT2D eigenvalue weighted by atomic mass is 19.1. The molecule has 4 heteroatoms. The molecule has 20 heavy (non-hydrogen) atoms. The number of carbonyl (C=O) groups is 1. The highest BCUT2D eigenvalue weighted by Crippen LogP contribution is 2.18. The lowest BCUT2D eigenvalue weighted by atomic mass is 10.1. The van der Waals surface area contributed by atoms with Crippen LogP contribution in [0.15, 0.2) is 42.6 Å². The lowest BCUT2D eigenvalue weighted by Gasteiger charge is -2.20. The van der Waals surface area contributed by atoms with Crippen LogP contribution in [0.1, 0.15) is 29.9 Å². The molecule has 1 aromatic carbocycles. The molecular weight excluding hydrogens is 255 g/mol. The van der Waals surface area contributed by atoms with Crippen molar-refractivity contribution in [1.82, 2.24) is 4.98 Å². The number of benzene rings is 1. The maximum Gasteiger partial charge on any atom is 0.276 e. The fourth-order valence-corrected chi connectivity index (χ4v) is 2.04. The summed E-state index contributed by atoms with van der Waals surface area (Å²) < 4.78 is 13.3. The fourth-order valence-electron chi connectivity index (χ4n) is 2.04. The van der Waals surface area contributed by atoms with Crippen LogP contribution in [0.3, 0.4) is 0 Å². The molecule has 0 aliphatic heterocycles. The van der Waals surface area contributed by atoms with Gasteiger partial charge in [-0.1, -0.05) is 13.0 Å². The van der Waals surface area contributed by atoms with Gasteiger partial charge in [0.15, 0.2) is 0 Å². The fraction of sp³-hybridized carbons (Fsp3) is 0.250. The molecule has 0 aliphatic carbocycles. The molecule has 2 aromatic rings. The Bertz CT molecular complexity index is 613. The smallest absolute Gasteiger partial charge is 0.276 e. The molecule has 1 amide bonds. The van der Waals surface area contributed by atoms with Gasteiger partial charge in [0.05, 0.1) is 0 Å². The molecule has 0 unspecified atom stereocenters. The molecule has 3 nitrogen and oxygen atoms in total. The van der Waals surface area contributed by atoms with Gasteiger partial charge in [0.1, 0.15) is 11.5 Å². The first-order valence-electron chi connectivity index (χ1n) is 6.68. The molecule has 0 fully saturated rings. The van der Waals surface area contributed by atoms with Crippen LogP contribution >= 0.6 is 0 Å². The van der Waals surface area contributed by atoms with Crippen LogP contribution < -0.4 is 4.90 Å². The summed E-state index contributed by atoms with van der Waals surface area (Å²) in [5, 5.41) is 0. The zero-order valence-electron chi connectivity index (χ0n) is 11.6. The Balaban J connectivity index is 2.33. The van der Waals surface area contributed by atoms with Crippen molar-refractivity contribution >= 4 is 11.6 Å². The molecule has 1 heterocycles. The van der Waals surface area contributed by atoms with Gasteiger partial charge in [0.25, 0.3) is 5.91 Å². The zero-order chi connectivity index (χ0) is 14.5. The van der Waals surface area contributed by atoms with E-state index in [1.54, 1.807) is 24.4 Å². The van der Waals surface area contributed by atoms with E-state index >= 15 is 0 Å². The van der Waals surface area contributed by atoms with Gasteiger partial charge in [-0.25, -0.2) is 4.39 Å². The lowest BCUT2D eigenvalue weighted by molar-refractivity contribution is 0.0983. The Hall–Kier alpha value is -2.23. The van der Waals surface area contributed by atoms with Gasteiger partial charge in [-0.2, -0.15) is 0 Å². The molecule has 104 valence electrons. The van der Waals surface area contributed by atoms with E-state index in [4.69, 9.17) is 0 Å². The molecule has 0 spiro atoms. The van der Waals surface area contributed by atoms with E-state index in [1.165, 1.54) is 17.0 Å². The predicted octanol–water partition coefficient (Wildman–Crippen LogP) is 3.45. The van der Waals surface area contributed by atoms with Gasteiger partial charge < -0.3 is 4.90 Å². The molecule has 2 rings (SSSR count). The van der Waals surface area contributed by atoms with Crippen molar-refractivity contribution in [3.8, 4) is 0 Å². The number of rotatable bonds is 4. The number of anilines is 1. The number of hydrogen-bond acceptors (Lipinski definition) is 2. The molecule has 0 N–H and O–H groups in total. The molecule has 0 saturated heterocycles. The minimum atomic E-state index is -0.357. The molecule has 0 aliphatic rings. The standard InChI is InChI=1S/C16H17FN2O/c1-3-12-8-9-18-15(10-12)16(20)19(4-2)14-7-5-6-13(17)11-14/h5-11H,3-4H2,1-2H3. The summed E-state index contributed by atoms with van der Waals surface area (Å²) in [6, 6.07) is 9.69. The Morgan fingerprint density at radius 1 is 1.25 bits per heavy atom. The van der Waals surface area contributed by atoms with Crippen molar-refractivity contribution in [2.45, 2.75) is 20.3 Å². The van der Waals surface area contributed by atoms with Gasteiger partial charge >= 0.3 is 0 Å². The number of hydrogen-bond donors (Lipinski definition) is 0. The topological polar surface area (TPSA) is 33.2 Å². The number of nitrogens with zero attached hydrogens (tertiary/aromatic N) is 2. The third-order valence-corrected chi connectivity index (χ3v) is 3.13. The Morgan fingerprint density at radius 2 is 2.05 bits per heavy atom. The summed E-state index contributed by atoms with van der Waals surface area (Å²) >= 11 is 0. The van der Waals surface area contributed by atoms with E-state index in [-0.39, 0.29) is 11.7 Å². The summed E-state index contributed by atoms with van der Waals surface area (Å²) in [4.78, 5) is 18.1. The second-order valence-corrected chi connectivity index (χ2v) is 4.43. The third kappa shape index (κ3) is 3.02. The quantitative estimate of drug-likeness (QED) is 0.854. The maximum atomic E-state index is 13.3. The highest BCUT2D eigenvalue weighted by Gasteiger charge is 2.17. The average Bonchev–Trinajstić information content (AvgIpc) is 2.48. The van der Waals surface area contributed by atoms with Crippen LogP contribution in [0.2, 0.25) is 0 Å². The SMILES string of the molecule is CCc1ccnc(C(=O)N(CC)c2cccc(F)c2)c1. The van der Waals surface area contributed by atoms with Gasteiger partial charge in [-0.05, 0) is 49.2 Å². The Kier molecular flexibility index (Phi) is 4.45. The first-order chi connectivity index (χ1) is 9.65. The first-order valence-corrected chi connectivity index (χ1v) is 6.68. The summed E-state index contributed by atoms with van der Waals surface area (Å²) in [5.74, 6) is -0.572. The van der Waals surface area contributed by atoms with E-state index < -0.39 is 0 Å². The molecule has 0 radical (unpaired) electrons. The molecule has 1 aromatic heterocycles. The van der Waals surface area contributed by atoms with Crippen LogP contribution in [0.5, 0.6) is 0 Å². The van der Waals surface area contributed by atoms with Crippen LogP contribution in [-0.4, -0.2) is 17.4 Å². The van der Waals surface area contributed by atoms with E-state index in [0.717, 1.165) is 12.0 Å². The van der Waals surface area contributed by atoms with Crippen LogP contribution in [0.25, 0.3) is 0 Å². The Labute approximate surface area is 118 Å². The summed E-state index contributed by atoms with van der Waals surface area (Å²) in [5.41, 5.74) is 1.98. The number of pyridine rings is 1. The van der Waals surface area contributed by atoms with Crippen molar-refractivity contribution in [2.75, 3.05) is 11.4 Å². The van der Waals surface area contributed by atoms with E-state index in [1.807, 2.05) is 19.9 Å².